The highest BCUT2D eigenvalue weighted by atomic mass is 16.6. The molecular weight excluding hydrogens is 787 g/mol. The molecule has 0 N–H and O–H groups in total. The maximum Gasteiger partial charge on any atom is 0.306 e. The van der Waals surface area contributed by atoms with Crippen molar-refractivity contribution < 1.29 is 38.2 Å². The van der Waals surface area contributed by atoms with Gasteiger partial charge in [-0.1, -0.05) is 176 Å². The van der Waals surface area contributed by atoms with E-state index < -0.39 is 18.1 Å². The number of unbranched alkanes of at least 4 members (excludes halogenated alkanes) is 17. The van der Waals surface area contributed by atoms with E-state index in [2.05, 4.69) is 98.9 Å². The second-order valence-electron chi connectivity index (χ2n) is 17.7. The van der Waals surface area contributed by atoms with Gasteiger partial charge in [-0.25, -0.2) is 0 Å². The molecule has 0 aliphatic heterocycles. The lowest BCUT2D eigenvalue weighted by Gasteiger charge is -2.34. The smallest absolute Gasteiger partial charge is 0.306 e. The van der Waals surface area contributed by atoms with Crippen LogP contribution in [-0.4, -0.2) is 75.5 Å². The first-order valence-corrected chi connectivity index (χ1v) is 25.1. The zero-order chi connectivity index (χ0) is 46.3. The van der Waals surface area contributed by atoms with Crippen molar-refractivity contribution in [2.75, 3.05) is 41.0 Å². The zero-order valence-electron chi connectivity index (χ0n) is 41.0. The molecule has 0 aromatic carbocycles. The van der Waals surface area contributed by atoms with Crippen molar-refractivity contribution in [3.63, 3.8) is 0 Å². The molecule has 63 heavy (non-hydrogen) atoms. The number of allylic oxidation sites excluding steroid dienone is 14. The summed E-state index contributed by atoms with van der Waals surface area (Å²) >= 11 is 0. The molecule has 0 fully saturated rings. The number of carbonyl (C=O) groups is 3. The average Bonchev–Trinajstić information content (AvgIpc) is 3.24. The fourth-order valence-electron chi connectivity index (χ4n) is 6.91. The Morgan fingerprint density at radius 2 is 0.937 bits per heavy atom. The van der Waals surface area contributed by atoms with E-state index in [4.69, 9.17) is 14.2 Å². The number of quaternary nitrogens is 1. The van der Waals surface area contributed by atoms with E-state index in [-0.39, 0.29) is 49.1 Å². The first kappa shape index (κ1) is 59.5. The summed E-state index contributed by atoms with van der Waals surface area (Å²) in [6, 6.07) is -0.736. The van der Waals surface area contributed by atoms with Crippen LogP contribution in [0.3, 0.4) is 0 Å². The van der Waals surface area contributed by atoms with Crippen molar-refractivity contribution >= 4 is 17.9 Å². The normalized spacial score (nSPS) is 13.6. The summed E-state index contributed by atoms with van der Waals surface area (Å²) in [5, 5.41) is 11.7. The third-order valence-electron chi connectivity index (χ3n) is 10.8. The largest absolute Gasteiger partial charge is 0.544 e. The Labute approximate surface area is 386 Å². The highest BCUT2D eigenvalue weighted by Gasteiger charge is 2.25. The highest BCUT2D eigenvalue weighted by molar-refractivity contribution is 5.70. The third kappa shape index (κ3) is 43.5. The van der Waals surface area contributed by atoms with Gasteiger partial charge in [0, 0.05) is 19.3 Å². The number of hydrogen-bond donors (Lipinski definition) is 0. The highest BCUT2D eigenvalue weighted by Crippen LogP contribution is 2.14. The van der Waals surface area contributed by atoms with Gasteiger partial charge in [-0.3, -0.25) is 9.59 Å². The van der Waals surface area contributed by atoms with Gasteiger partial charge in [0.1, 0.15) is 12.6 Å². The van der Waals surface area contributed by atoms with Crippen molar-refractivity contribution in [3.8, 4) is 0 Å². The molecule has 0 aliphatic rings. The zero-order valence-corrected chi connectivity index (χ0v) is 41.0. The summed E-state index contributed by atoms with van der Waals surface area (Å²) in [6.45, 7) is 4.49. The number of nitrogens with zero attached hydrogens (tertiary/aromatic N) is 1. The molecular formula is C55H93NO7. The molecule has 0 radical (unpaired) electrons. The Hall–Kier alpha value is -3.49. The fraction of sp³-hybridized carbons (Fsp3) is 0.691. The number of carbonyl (C=O) groups excluding carboxylic acids is 3. The van der Waals surface area contributed by atoms with Crippen LogP contribution in [0.25, 0.3) is 0 Å². The van der Waals surface area contributed by atoms with E-state index in [0.29, 0.717) is 6.42 Å². The van der Waals surface area contributed by atoms with Crippen LogP contribution in [0.4, 0.5) is 0 Å². The Morgan fingerprint density at radius 3 is 1.41 bits per heavy atom. The predicted molar refractivity (Wildman–Crippen MR) is 263 cm³/mol. The number of hydrogen-bond acceptors (Lipinski definition) is 7. The minimum Gasteiger partial charge on any atom is -0.544 e. The minimum absolute atomic E-state index is 0.0249. The van der Waals surface area contributed by atoms with Gasteiger partial charge in [0.15, 0.2) is 6.10 Å². The molecule has 0 heterocycles. The summed E-state index contributed by atoms with van der Waals surface area (Å²) in [4.78, 5) is 37.0. The summed E-state index contributed by atoms with van der Waals surface area (Å²) < 4.78 is 17.2. The van der Waals surface area contributed by atoms with Gasteiger partial charge in [-0.2, -0.15) is 0 Å². The number of carboxylic acid groups (broad SMARTS) is 1. The van der Waals surface area contributed by atoms with Gasteiger partial charge in [0.25, 0.3) is 0 Å². The number of ether oxygens (including phenoxy) is 3. The number of esters is 2. The maximum absolute atomic E-state index is 12.8. The molecule has 0 spiro atoms. The second-order valence-corrected chi connectivity index (χ2v) is 17.7. The molecule has 8 nitrogen and oxygen atoms in total. The van der Waals surface area contributed by atoms with Gasteiger partial charge in [0.2, 0.25) is 0 Å². The van der Waals surface area contributed by atoms with E-state index in [1.165, 1.54) is 77.0 Å². The predicted octanol–water partition coefficient (Wildman–Crippen LogP) is 13.1. The molecule has 0 aromatic heterocycles. The van der Waals surface area contributed by atoms with Crippen molar-refractivity contribution in [2.24, 2.45) is 0 Å². The van der Waals surface area contributed by atoms with Crippen LogP contribution in [0.15, 0.2) is 85.1 Å². The van der Waals surface area contributed by atoms with E-state index in [1.807, 2.05) is 0 Å². The van der Waals surface area contributed by atoms with Crippen LogP contribution >= 0.6 is 0 Å². The van der Waals surface area contributed by atoms with E-state index >= 15 is 0 Å². The third-order valence-corrected chi connectivity index (χ3v) is 10.8. The van der Waals surface area contributed by atoms with Crippen LogP contribution in [0, 0.1) is 0 Å². The molecule has 0 amide bonds. The molecule has 0 rings (SSSR count). The Kier molecular flexibility index (Phi) is 42.6. The van der Waals surface area contributed by atoms with Gasteiger partial charge in [-0.05, 0) is 83.5 Å². The van der Waals surface area contributed by atoms with Crippen molar-refractivity contribution in [2.45, 2.75) is 206 Å². The van der Waals surface area contributed by atoms with Crippen LogP contribution in [-0.2, 0) is 28.6 Å². The average molecular weight is 880 g/mol. The summed E-state index contributed by atoms with van der Waals surface area (Å²) in [5.74, 6) is -1.78. The van der Waals surface area contributed by atoms with Gasteiger partial charge < -0.3 is 28.6 Å². The summed E-state index contributed by atoms with van der Waals surface area (Å²) in [6.07, 6.45) is 58.9. The molecule has 8 heteroatoms. The van der Waals surface area contributed by atoms with Crippen LogP contribution in [0.1, 0.15) is 194 Å². The Balaban J connectivity index is 4.34. The van der Waals surface area contributed by atoms with Gasteiger partial charge in [-0.15, -0.1) is 0 Å². The molecule has 360 valence electrons. The van der Waals surface area contributed by atoms with Gasteiger partial charge >= 0.3 is 11.9 Å². The minimum atomic E-state index is -1.13. The lowest BCUT2D eigenvalue weighted by atomic mass is 10.1. The van der Waals surface area contributed by atoms with Crippen LogP contribution in [0.2, 0.25) is 0 Å². The monoisotopic (exact) mass is 880 g/mol. The molecule has 2 atom stereocenters. The molecule has 0 aromatic rings. The standard InChI is InChI=1S/C55H93NO7/c1-6-8-10-12-14-16-18-20-22-24-26-28-30-32-34-36-38-40-42-44-46-54(58)63-51(49-61-48-47-52(55(59)60)56(3,4)5)50-62-53(57)45-43-41-39-37-35-33-31-29-27-25-23-21-19-17-15-13-11-9-7-2/h8,10,14-17,19-22,26,28,32,34,51-52H,6-7,9,11-13,18,23-25,27,29-31,33,35-50H2,1-5H3/b10-8+,16-14+,17-15+,21-19+,22-20+,28-26+,34-32+. The first-order valence-electron chi connectivity index (χ1n) is 25.1. The van der Waals surface area contributed by atoms with Crippen LogP contribution < -0.4 is 5.11 Å². The van der Waals surface area contributed by atoms with Crippen LogP contribution in [0.5, 0.6) is 0 Å². The van der Waals surface area contributed by atoms with Crippen molar-refractivity contribution in [1.82, 2.24) is 0 Å². The van der Waals surface area contributed by atoms with E-state index in [1.54, 1.807) is 21.1 Å². The maximum atomic E-state index is 12.8. The first-order chi connectivity index (χ1) is 30.6. The van der Waals surface area contributed by atoms with Crippen molar-refractivity contribution in [3.05, 3.63) is 85.1 Å². The molecule has 0 aliphatic carbocycles. The SMILES string of the molecule is CC/C=C/C/C=C/C/C=C/C/C=C/C/C=C/CCCCCCC(=O)OC(COCCC(C(=O)[O-])[N+](C)(C)C)COC(=O)CCCCCCCCCCCC/C=C/C=C/CCCCC. The lowest BCUT2D eigenvalue weighted by Crippen LogP contribution is -2.55. The topological polar surface area (TPSA) is 102 Å². The molecule has 0 bridgehead atoms. The molecule has 0 saturated carbocycles. The van der Waals surface area contributed by atoms with Crippen molar-refractivity contribution in [1.29, 1.82) is 0 Å². The molecule has 2 unspecified atom stereocenters. The summed E-state index contributed by atoms with van der Waals surface area (Å²) in [7, 11) is 5.40. The fourth-order valence-corrected chi connectivity index (χ4v) is 6.91. The van der Waals surface area contributed by atoms with E-state index in [9.17, 15) is 19.5 Å². The number of likely N-dealkylation sites (N-methyl/N-ethyl adjacent to an activating group) is 1. The van der Waals surface area contributed by atoms with E-state index in [0.717, 1.165) is 83.5 Å². The summed E-state index contributed by atoms with van der Waals surface area (Å²) in [5.41, 5.74) is 0. The van der Waals surface area contributed by atoms with Gasteiger partial charge in [0.05, 0.1) is 40.3 Å². The molecule has 0 saturated heterocycles. The number of carboxylic acids is 1. The Morgan fingerprint density at radius 1 is 0.508 bits per heavy atom. The number of rotatable bonds is 44. The lowest BCUT2D eigenvalue weighted by molar-refractivity contribution is -0.889. The second kappa shape index (κ2) is 45.1. The number of aliphatic carboxylic acids is 1. The Bertz CT molecular complexity index is 1300. The quantitative estimate of drug-likeness (QED) is 0.0197.